The number of hydrogen-bond donors (Lipinski definition) is 0. The number of anilines is 3. The SMILES string of the molecule is CCCOCCOCCN(C(=O)CCC(C)(C)SSC)c1cc(COc2cc3c(cc2C)C(=O)N2c4ccccc4C[C@H]2C=N3)cc(COc2cc3c(cc2OC)C(=O)N2c4ccccc4C[C@H]2C=N3)c1. The molecule has 0 saturated heterocycles. The number of amides is 3. The van der Waals surface area contributed by atoms with Crippen LogP contribution in [0.3, 0.4) is 0 Å². The van der Waals surface area contributed by atoms with E-state index in [2.05, 4.69) is 33.1 Å². The highest BCUT2D eigenvalue weighted by Crippen LogP contribution is 2.43. The number of carbonyl (C=O) groups excluding carboxylic acids is 3. The van der Waals surface area contributed by atoms with Crippen molar-refractivity contribution in [3.05, 3.63) is 130 Å². The molecule has 3 amide bonds. The van der Waals surface area contributed by atoms with Crippen LogP contribution in [0.2, 0.25) is 0 Å². The van der Waals surface area contributed by atoms with E-state index in [0.29, 0.717) is 104 Å². The van der Waals surface area contributed by atoms with E-state index in [-0.39, 0.29) is 47.8 Å². The summed E-state index contributed by atoms with van der Waals surface area (Å²) in [7, 11) is 5.01. The van der Waals surface area contributed by atoms with Gasteiger partial charge in [-0.2, -0.15) is 0 Å². The van der Waals surface area contributed by atoms with Crippen LogP contribution in [0.15, 0.2) is 101 Å². The minimum atomic E-state index is -0.201. The van der Waals surface area contributed by atoms with E-state index >= 15 is 0 Å². The molecule has 0 fully saturated rings. The highest BCUT2D eigenvalue weighted by molar-refractivity contribution is 8.76. The fraction of sp³-hybridized carbons (Fsp3) is 0.375. The fourth-order valence-electron chi connectivity index (χ4n) is 9.61. The number of fused-ring (bicyclic) bond motifs is 8. The molecule has 9 rings (SSSR count). The Labute approximate surface area is 424 Å². The molecule has 71 heavy (non-hydrogen) atoms. The van der Waals surface area contributed by atoms with E-state index in [1.165, 1.54) is 0 Å². The highest BCUT2D eigenvalue weighted by Gasteiger charge is 2.38. The second-order valence-electron chi connectivity index (χ2n) is 18.7. The summed E-state index contributed by atoms with van der Waals surface area (Å²) in [4.78, 5) is 57.8. The number of benzene rings is 5. The van der Waals surface area contributed by atoms with Crippen molar-refractivity contribution >= 4 is 80.2 Å². The molecule has 370 valence electrons. The lowest BCUT2D eigenvalue weighted by Gasteiger charge is -2.27. The van der Waals surface area contributed by atoms with Crippen molar-refractivity contribution in [2.75, 3.05) is 61.0 Å². The Kier molecular flexibility index (Phi) is 15.5. The Bertz CT molecular complexity index is 2870. The van der Waals surface area contributed by atoms with E-state index in [0.717, 1.165) is 45.6 Å². The topological polar surface area (TPSA) is 132 Å². The molecule has 0 spiro atoms. The van der Waals surface area contributed by atoms with E-state index in [1.54, 1.807) is 45.7 Å². The van der Waals surface area contributed by atoms with Gasteiger partial charge < -0.3 is 28.6 Å². The minimum Gasteiger partial charge on any atom is -0.493 e. The molecule has 15 heteroatoms. The van der Waals surface area contributed by atoms with Crippen molar-refractivity contribution in [1.82, 2.24) is 0 Å². The molecule has 5 aromatic carbocycles. The second-order valence-corrected chi connectivity index (χ2v) is 21.8. The summed E-state index contributed by atoms with van der Waals surface area (Å²) in [5.74, 6) is 1.13. The Morgan fingerprint density at radius 1 is 0.732 bits per heavy atom. The first-order chi connectivity index (χ1) is 34.4. The smallest absolute Gasteiger partial charge is 0.261 e. The van der Waals surface area contributed by atoms with Crippen LogP contribution in [0.5, 0.6) is 17.2 Å². The standard InChI is InChI=1S/C56H61N5O8S2/c1-7-19-66-21-22-67-20-18-59(53(62)16-17-56(3,4)71-70-6)41-25-37(34-68-50-30-46-44(23-36(50)2)54(63)60-42(32-57-46)27-39-12-8-10-14-48(39)60)24-38(26-41)35-69-52-31-47-45(29-51(52)65-5)55(64)61-43(33-58-47)28-40-13-9-11-15-49(40)61/h8-15,23-26,29-33,42-43H,7,16-22,27-28,34-35H2,1-6H3/t42-,43-/m0/s1. The molecule has 0 unspecified atom stereocenters. The van der Waals surface area contributed by atoms with E-state index in [1.807, 2.05) is 102 Å². The van der Waals surface area contributed by atoms with Crippen LogP contribution in [0.25, 0.3) is 0 Å². The summed E-state index contributed by atoms with van der Waals surface area (Å²) >= 11 is 0. The maximum atomic E-state index is 14.4. The maximum Gasteiger partial charge on any atom is 0.261 e. The molecule has 0 aromatic heterocycles. The molecule has 2 atom stereocenters. The lowest BCUT2D eigenvalue weighted by molar-refractivity contribution is -0.119. The van der Waals surface area contributed by atoms with E-state index in [4.69, 9.17) is 33.7 Å². The Hall–Kier alpha value is -6.13. The number of ether oxygens (including phenoxy) is 5. The van der Waals surface area contributed by atoms with Gasteiger partial charge in [-0.25, -0.2) is 0 Å². The molecular formula is C56H61N5O8S2. The predicted molar refractivity (Wildman–Crippen MR) is 286 cm³/mol. The summed E-state index contributed by atoms with van der Waals surface area (Å²) in [6.07, 6.45) is 9.08. The molecule has 4 aliphatic heterocycles. The lowest BCUT2D eigenvalue weighted by Crippen LogP contribution is -2.37. The van der Waals surface area contributed by atoms with Gasteiger partial charge in [0.1, 0.15) is 19.0 Å². The molecule has 4 heterocycles. The van der Waals surface area contributed by atoms with Crippen LogP contribution in [-0.2, 0) is 40.3 Å². The zero-order valence-corrected chi connectivity index (χ0v) is 42.9. The van der Waals surface area contributed by atoms with E-state index < -0.39 is 0 Å². The first-order valence-electron chi connectivity index (χ1n) is 24.3. The van der Waals surface area contributed by atoms with Crippen LogP contribution in [0, 0.1) is 6.92 Å². The van der Waals surface area contributed by atoms with Crippen molar-refractivity contribution in [2.45, 2.75) is 89.8 Å². The van der Waals surface area contributed by atoms with Gasteiger partial charge in [0, 0.05) is 78.8 Å². The van der Waals surface area contributed by atoms with Crippen molar-refractivity contribution in [1.29, 1.82) is 0 Å². The summed E-state index contributed by atoms with van der Waals surface area (Å²) in [5, 5.41) is 0. The summed E-state index contributed by atoms with van der Waals surface area (Å²) in [6, 6.07) is 28.7. The van der Waals surface area contributed by atoms with Crippen molar-refractivity contribution in [3.8, 4) is 17.2 Å². The predicted octanol–water partition coefficient (Wildman–Crippen LogP) is 11.1. The third-order valence-electron chi connectivity index (χ3n) is 13.1. The summed E-state index contributed by atoms with van der Waals surface area (Å²) < 4.78 is 30.6. The summed E-state index contributed by atoms with van der Waals surface area (Å²) in [6.45, 7) is 10.7. The minimum absolute atomic E-state index is 0.0270. The van der Waals surface area contributed by atoms with Crippen molar-refractivity contribution in [2.24, 2.45) is 9.98 Å². The van der Waals surface area contributed by atoms with Gasteiger partial charge in [-0.15, -0.1) is 0 Å². The van der Waals surface area contributed by atoms with Gasteiger partial charge in [-0.3, -0.25) is 34.2 Å². The van der Waals surface area contributed by atoms with Crippen molar-refractivity contribution in [3.63, 3.8) is 0 Å². The number of para-hydroxylation sites is 2. The number of methoxy groups -OCH3 is 1. The quantitative estimate of drug-likeness (QED) is 0.0517. The average molecular weight is 996 g/mol. The van der Waals surface area contributed by atoms with Gasteiger partial charge in [0.25, 0.3) is 11.8 Å². The van der Waals surface area contributed by atoms with Gasteiger partial charge >= 0.3 is 0 Å². The molecule has 13 nitrogen and oxygen atoms in total. The molecule has 4 aliphatic rings. The van der Waals surface area contributed by atoms with Gasteiger partial charge in [-0.1, -0.05) is 64.9 Å². The van der Waals surface area contributed by atoms with Crippen LogP contribution < -0.4 is 28.9 Å². The largest absolute Gasteiger partial charge is 0.493 e. The zero-order valence-electron chi connectivity index (χ0n) is 41.3. The number of aliphatic imine (C=N–C) groups is 2. The normalized spacial score (nSPS) is 16.4. The zero-order chi connectivity index (χ0) is 49.6. The third-order valence-corrected chi connectivity index (χ3v) is 15.8. The molecule has 0 N–H and O–H groups in total. The van der Waals surface area contributed by atoms with Crippen LogP contribution in [0.4, 0.5) is 28.4 Å². The number of aryl methyl sites for hydroxylation is 1. The molecule has 0 saturated carbocycles. The number of rotatable bonds is 21. The second kappa shape index (κ2) is 22.1. The Morgan fingerprint density at radius 3 is 1.89 bits per heavy atom. The average Bonchev–Trinajstić information content (AvgIpc) is 3.86. The first-order valence-corrected chi connectivity index (χ1v) is 26.8. The fourth-order valence-corrected chi connectivity index (χ4v) is 11.8. The van der Waals surface area contributed by atoms with Gasteiger partial charge in [0.15, 0.2) is 11.5 Å². The number of nitrogens with zero attached hydrogens (tertiary/aromatic N) is 5. The van der Waals surface area contributed by atoms with Crippen LogP contribution >= 0.6 is 21.6 Å². The van der Waals surface area contributed by atoms with Crippen molar-refractivity contribution < 1.29 is 38.1 Å². The van der Waals surface area contributed by atoms with Gasteiger partial charge in [0.2, 0.25) is 5.91 Å². The molecule has 0 aliphatic carbocycles. The Morgan fingerprint density at radius 2 is 1.30 bits per heavy atom. The van der Waals surface area contributed by atoms with Crippen LogP contribution in [-0.4, -0.2) is 93.3 Å². The van der Waals surface area contributed by atoms with Crippen LogP contribution in [0.1, 0.15) is 88.6 Å². The number of carbonyl (C=O) groups is 3. The first kappa shape index (κ1) is 49.8. The molecule has 0 radical (unpaired) electrons. The lowest BCUT2D eigenvalue weighted by atomic mass is 10.0. The highest BCUT2D eigenvalue weighted by atomic mass is 33.1. The Balaban J connectivity index is 1.01. The molecule has 5 aromatic rings. The van der Waals surface area contributed by atoms with Gasteiger partial charge in [-0.05, 0) is 110 Å². The molecular weight excluding hydrogens is 935 g/mol. The van der Waals surface area contributed by atoms with Gasteiger partial charge in [0.05, 0.1) is 61.5 Å². The van der Waals surface area contributed by atoms with E-state index in [9.17, 15) is 14.4 Å². The monoisotopic (exact) mass is 995 g/mol. The maximum absolute atomic E-state index is 14.4. The molecule has 0 bridgehead atoms. The summed E-state index contributed by atoms with van der Waals surface area (Å²) in [5.41, 5.74) is 9.06. The third kappa shape index (κ3) is 11.0. The number of hydrogen-bond acceptors (Lipinski definition) is 12.